The Morgan fingerprint density at radius 2 is 1.97 bits per heavy atom. The molecule has 2 aliphatic heterocycles. The Morgan fingerprint density at radius 3 is 2.74 bits per heavy atom. The van der Waals surface area contributed by atoms with Gasteiger partial charge in [-0.1, -0.05) is 24.3 Å². The van der Waals surface area contributed by atoms with Gasteiger partial charge >= 0.3 is 6.09 Å². The fourth-order valence-electron chi connectivity index (χ4n) is 4.92. The zero-order valence-electron chi connectivity index (χ0n) is 19.5. The number of amides is 1. The van der Waals surface area contributed by atoms with E-state index < -0.39 is 0 Å². The molecule has 0 radical (unpaired) electrons. The molecule has 6 rings (SSSR count). The number of benzene rings is 2. The van der Waals surface area contributed by atoms with Crippen LogP contribution in [-0.2, 0) is 11.3 Å². The number of aromatic nitrogens is 3. The molecule has 4 heterocycles. The molecule has 35 heavy (non-hydrogen) atoms. The van der Waals surface area contributed by atoms with Gasteiger partial charge in [0.25, 0.3) is 0 Å². The molecule has 2 aromatic carbocycles. The standard InChI is InChI=1S/C27H24N6O2/c1-28-21-6-4-18(5-7-21)19-13-25-26-29-10-11-32(26)24-9-8-22(12-20(24)15-31(25)14-19)33-17-23(16-30(2)3)35-27(33)34/h4-14,23H,15-17H2,2-3H3/t23-/m1/s1. The summed E-state index contributed by atoms with van der Waals surface area (Å²) < 4.78 is 9.88. The summed E-state index contributed by atoms with van der Waals surface area (Å²) in [5, 5.41) is 0. The van der Waals surface area contributed by atoms with E-state index in [-0.39, 0.29) is 12.2 Å². The third-order valence-electron chi connectivity index (χ3n) is 6.51. The van der Waals surface area contributed by atoms with Gasteiger partial charge in [0, 0.05) is 42.9 Å². The van der Waals surface area contributed by atoms with E-state index in [1.807, 2.05) is 61.7 Å². The molecule has 0 N–H and O–H groups in total. The van der Waals surface area contributed by atoms with Crippen molar-refractivity contribution in [3.8, 4) is 28.3 Å². The molecule has 1 saturated heterocycles. The van der Waals surface area contributed by atoms with Crippen molar-refractivity contribution >= 4 is 17.5 Å². The number of ether oxygens (including phenoxy) is 1. The number of hydrogen-bond donors (Lipinski definition) is 0. The second-order valence-corrected chi connectivity index (χ2v) is 9.21. The number of likely N-dealkylation sites (N-methyl/N-ethyl adjacent to an activating group) is 1. The summed E-state index contributed by atoms with van der Waals surface area (Å²) in [7, 11) is 3.95. The third-order valence-corrected chi connectivity index (χ3v) is 6.51. The summed E-state index contributed by atoms with van der Waals surface area (Å²) in [5.41, 5.74) is 6.74. The molecule has 1 fully saturated rings. The number of hydrogen-bond acceptors (Lipinski definition) is 4. The van der Waals surface area contributed by atoms with Crippen LogP contribution in [0.5, 0.6) is 0 Å². The summed E-state index contributed by atoms with van der Waals surface area (Å²) in [6.07, 6.45) is 5.45. The molecular weight excluding hydrogens is 440 g/mol. The monoisotopic (exact) mass is 464 g/mol. The molecule has 0 unspecified atom stereocenters. The molecule has 0 saturated carbocycles. The highest BCUT2D eigenvalue weighted by Gasteiger charge is 2.33. The van der Waals surface area contributed by atoms with E-state index in [0.29, 0.717) is 25.3 Å². The van der Waals surface area contributed by atoms with Gasteiger partial charge in [0.2, 0.25) is 0 Å². The Labute approximate surface area is 203 Å². The van der Waals surface area contributed by atoms with Gasteiger partial charge in [0.05, 0.1) is 24.5 Å². The second-order valence-electron chi connectivity index (χ2n) is 9.21. The van der Waals surface area contributed by atoms with Crippen molar-refractivity contribution in [2.45, 2.75) is 12.6 Å². The van der Waals surface area contributed by atoms with Crippen molar-refractivity contribution in [3.05, 3.63) is 84.1 Å². The van der Waals surface area contributed by atoms with E-state index in [9.17, 15) is 4.79 Å². The van der Waals surface area contributed by atoms with Gasteiger partial charge in [-0.15, -0.1) is 0 Å². The van der Waals surface area contributed by atoms with Crippen LogP contribution >= 0.6 is 0 Å². The van der Waals surface area contributed by atoms with Crippen molar-refractivity contribution < 1.29 is 9.53 Å². The van der Waals surface area contributed by atoms with Crippen LogP contribution in [0, 0.1) is 6.57 Å². The molecule has 2 aliphatic rings. The topological polar surface area (TPSA) is 59.9 Å². The first-order chi connectivity index (χ1) is 17.0. The van der Waals surface area contributed by atoms with Crippen molar-refractivity contribution in [2.75, 3.05) is 32.1 Å². The highest BCUT2D eigenvalue weighted by atomic mass is 16.6. The Bertz CT molecular complexity index is 1470. The van der Waals surface area contributed by atoms with Gasteiger partial charge in [-0.3, -0.25) is 9.47 Å². The predicted molar refractivity (Wildman–Crippen MR) is 134 cm³/mol. The van der Waals surface area contributed by atoms with Crippen LogP contribution in [-0.4, -0.2) is 58.4 Å². The molecule has 4 aromatic rings. The average molecular weight is 465 g/mol. The second kappa shape index (κ2) is 8.15. The quantitative estimate of drug-likeness (QED) is 0.358. The first-order valence-corrected chi connectivity index (χ1v) is 11.5. The summed E-state index contributed by atoms with van der Waals surface area (Å²) in [6.45, 7) is 9.06. The number of anilines is 1. The maximum absolute atomic E-state index is 12.6. The minimum Gasteiger partial charge on any atom is -0.443 e. The highest BCUT2D eigenvalue weighted by molar-refractivity contribution is 5.90. The summed E-state index contributed by atoms with van der Waals surface area (Å²) in [6, 6.07) is 15.9. The van der Waals surface area contributed by atoms with Crippen LogP contribution in [0.25, 0.3) is 33.2 Å². The Hall–Kier alpha value is -4.35. The number of imidazole rings is 1. The zero-order valence-corrected chi connectivity index (χ0v) is 19.5. The van der Waals surface area contributed by atoms with Gasteiger partial charge in [-0.05, 0) is 49.5 Å². The van der Waals surface area contributed by atoms with Crippen molar-refractivity contribution in [1.29, 1.82) is 0 Å². The van der Waals surface area contributed by atoms with Gasteiger partial charge in [0.15, 0.2) is 11.5 Å². The van der Waals surface area contributed by atoms with E-state index in [1.54, 1.807) is 4.90 Å². The summed E-state index contributed by atoms with van der Waals surface area (Å²) >= 11 is 0. The molecule has 1 amide bonds. The van der Waals surface area contributed by atoms with E-state index in [4.69, 9.17) is 11.3 Å². The lowest BCUT2D eigenvalue weighted by Gasteiger charge is -2.17. The number of carbonyl (C=O) groups is 1. The lowest BCUT2D eigenvalue weighted by atomic mass is 10.1. The summed E-state index contributed by atoms with van der Waals surface area (Å²) in [4.78, 5) is 24.5. The molecule has 0 aliphatic carbocycles. The highest BCUT2D eigenvalue weighted by Crippen LogP contribution is 2.36. The lowest BCUT2D eigenvalue weighted by Crippen LogP contribution is -2.30. The van der Waals surface area contributed by atoms with Gasteiger partial charge in [-0.25, -0.2) is 14.6 Å². The number of fused-ring (bicyclic) bond motifs is 5. The molecular formula is C27H24N6O2. The van der Waals surface area contributed by atoms with Crippen molar-refractivity contribution in [2.24, 2.45) is 0 Å². The molecule has 8 heteroatoms. The third kappa shape index (κ3) is 3.66. The zero-order chi connectivity index (χ0) is 24.1. The normalized spacial score (nSPS) is 16.3. The van der Waals surface area contributed by atoms with Gasteiger partial charge < -0.3 is 14.2 Å². The Kier molecular flexibility index (Phi) is 4.94. The first-order valence-electron chi connectivity index (χ1n) is 11.5. The van der Waals surface area contributed by atoms with Crippen molar-refractivity contribution in [1.82, 2.24) is 19.0 Å². The van der Waals surface area contributed by atoms with Gasteiger partial charge in [0.1, 0.15) is 6.10 Å². The van der Waals surface area contributed by atoms with E-state index in [1.165, 1.54) is 0 Å². The van der Waals surface area contributed by atoms with Crippen LogP contribution in [0.15, 0.2) is 67.1 Å². The number of carbonyl (C=O) groups excluding carboxylic acids is 1. The minimum atomic E-state index is -0.305. The summed E-state index contributed by atoms with van der Waals surface area (Å²) in [5.74, 6) is 0.868. The lowest BCUT2D eigenvalue weighted by molar-refractivity contribution is 0.123. The van der Waals surface area contributed by atoms with Crippen LogP contribution in [0.4, 0.5) is 16.2 Å². The van der Waals surface area contributed by atoms with Crippen LogP contribution in [0.2, 0.25) is 0 Å². The maximum atomic E-state index is 12.6. The number of cyclic esters (lactones) is 1. The maximum Gasteiger partial charge on any atom is 0.414 e. The molecule has 0 spiro atoms. The molecule has 2 aromatic heterocycles. The SMILES string of the molecule is [C-]#[N+]c1ccc(-c2cc3n(c2)Cc2cc(N4C[C@@H](CN(C)C)OC4=O)ccc2-n2ccnc2-3)cc1. The van der Waals surface area contributed by atoms with Crippen LogP contribution in [0.1, 0.15) is 5.56 Å². The van der Waals surface area contributed by atoms with Crippen molar-refractivity contribution in [3.63, 3.8) is 0 Å². The smallest absolute Gasteiger partial charge is 0.414 e. The number of rotatable bonds is 4. The Balaban J connectivity index is 1.38. The minimum absolute atomic E-state index is 0.149. The average Bonchev–Trinajstić information content (AvgIpc) is 3.56. The van der Waals surface area contributed by atoms with E-state index in [0.717, 1.165) is 39.6 Å². The van der Waals surface area contributed by atoms with Gasteiger partial charge in [-0.2, -0.15) is 0 Å². The molecule has 8 nitrogen and oxygen atoms in total. The largest absolute Gasteiger partial charge is 0.443 e. The van der Waals surface area contributed by atoms with E-state index >= 15 is 0 Å². The molecule has 0 bridgehead atoms. The number of nitrogens with zero attached hydrogens (tertiary/aromatic N) is 6. The van der Waals surface area contributed by atoms with E-state index in [2.05, 4.69) is 43.4 Å². The molecule has 1 atom stereocenters. The fraction of sp³-hybridized carbons (Fsp3) is 0.222. The molecule has 174 valence electrons. The Morgan fingerprint density at radius 1 is 1.14 bits per heavy atom. The first kappa shape index (κ1) is 21.2. The predicted octanol–water partition coefficient (Wildman–Crippen LogP) is 4.81. The fourth-order valence-corrected chi connectivity index (χ4v) is 4.92. The van der Waals surface area contributed by atoms with Crippen LogP contribution in [0.3, 0.4) is 0 Å². The van der Waals surface area contributed by atoms with Crippen LogP contribution < -0.4 is 4.90 Å².